The Bertz CT molecular complexity index is 720. The lowest BCUT2D eigenvalue weighted by molar-refractivity contribution is -0.0393. The number of rotatable bonds is 7. The smallest absolute Gasteiger partial charge is 0.114 e. The van der Waals surface area contributed by atoms with Crippen LogP contribution in [0.25, 0.3) is 0 Å². The minimum Gasteiger partial charge on any atom is -0.378 e. The fraction of sp³-hybridized carbons (Fsp3) is 0.455. The van der Waals surface area contributed by atoms with Gasteiger partial charge >= 0.3 is 0 Å². The van der Waals surface area contributed by atoms with Crippen molar-refractivity contribution >= 4 is 5.69 Å². The number of nitrogens with one attached hydrogen (secondary N) is 1. The molecule has 2 heterocycles. The fourth-order valence-electron chi connectivity index (χ4n) is 3.72. The van der Waals surface area contributed by atoms with E-state index in [1.54, 1.807) is 0 Å². The molecule has 144 valence electrons. The zero-order valence-corrected chi connectivity index (χ0v) is 16.0. The molecule has 0 unspecified atom stereocenters. The third-order valence-electron chi connectivity index (χ3n) is 5.34. The number of ether oxygens (including phenoxy) is 3. The summed E-state index contributed by atoms with van der Waals surface area (Å²) in [5, 5.41) is 3.59. The maximum absolute atomic E-state index is 6.07. The molecule has 2 aromatic rings. The Labute approximate surface area is 161 Å². The lowest BCUT2D eigenvalue weighted by atomic mass is 10.1. The highest BCUT2D eigenvalue weighted by Crippen LogP contribution is 2.29. The molecule has 2 aromatic carbocycles. The molecule has 5 nitrogen and oxygen atoms in total. The van der Waals surface area contributed by atoms with Gasteiger partial charge in [0, 0.05) is 26.3 Å². The van der Waals surface area contributed by atoms with Crippen molar-refractivity contribution in [2.45, 2.75) is 37.5 Å². The predicted molar refractivity (Wildman–Crippen MR) is 106 cm³/mol. The van der Waals surface area contributed by atoms with Crippen LogP contribution in [-0.2, 0) is 27.4 Å². The van der Waals surface area contributed by atoms with Gasteiger partial charge in [-0.25, -0.2) is 0 Å². The largest absolute Gasteiger partial charge is 0.378 e. The van der Waals surface area contributed by atoms with Crippen LogP contribution in [0, 0.1) is 0 Å². The molecule has 4 rings (SSSR count). The molecule has 4 atom stereocenters. The third kappa shape index (κ3) is 4.33. The molecule has 5 heteroatoms. The monoisotopic (exact) mass is 368 g/mol. The Kier molecular flexibility index (Phi) is 5.74. The van der Waals surface area contributed by atoms with Crippen LogP contribution in [0.3, 0.4) is 0 Å². The van der Waals surface area contributed by atoms with Crippen molar-refractivity contribution in [3.8, 4) is 0 Å². The van der Waals surface area contributed by atoms with Gasteiger partial charge in [0.25, 0.3) is 0 Å². The second-order valence-corrected chi connectivity index (χ2v) is 7.48. The van der Waals surface area contributed by atoms with Crippen molar-refractivity contribution in [1.29, 1.82) is 0 Å². The summed E-state index contributed by atoms with van der Waals surface area (Å²) in [5.41, 5.74) is 3.65. The van der Waals surface area contributed by atoms with E-state index in [9.17, 15) is 0 Å². The van der Waals surface area contributed by atoms with E-state index in [0.717, 1.165) is 6.54 Å². The average Bonchev–Trinajstić information content (AvgIpc) is 3.28. The highest BCUT2D eigenvalue weighted by molar-refractivity contribution is 5.45. The minimum absolute atomic E-state index is 0.00128. The zero-order chi connectivity index (χ0) is 18.6. The van der Waals surface area contributed by atoms with Gasteiger partial charge in [0.15, 0.2) is 0 Å². The van der Waals surface area contributed by atoms with Gasteiger partial charge in [0.05, 0.1) is 25.9 Å². The Hall–Kier alpha value is -1.92. The molecule has 0 spiro atoms. The van der Waals surface area contributed by atoms with Crippen molar-refractivity contribution in [3.63, 3.8) is 0 Å². The molecule has 2 fully saturated rings. The van der Waals surface area contributed by atoms with E-state index in [1.807, 2.05) is 18.2 Å². The molecule has 2 aliphatic heterocycles. The van der Waals surface area contributed by atoms with Crippen LogP contribution in [0.5, 0.6) is 0 Å². The number of nitrogens with zero attached hydrogens (tertiary/aromatic N) is 1. The molecule has 0 radical (unpaired) electrons. The first-order valence-electron chi connectivity index (χ1n) is 9.59. The van der Waals surface area contributed by atoms with E-state index in [4.69, 9.17) is 14.2 Å². The van der Waals surface area contributed by atoms with Crippen LogP contribution in [0.1, 0.15) is 11.1 Å². The molecule has 27 heavy (non-hydrogen) atoms. The Morgan fingerprint density at radius 2 is 1.67 bits per heavy atom. The highest BCUT2D eigenvalue weighted by Gasteiger charge is 2.48. The van der Waals surface area contributed by atoms with E-state index < -0.39 is 0 Å². The molecule has 0 aromatic heterocycles. The summed E-state index contributed by atoms with van der Waals surface area (Å²) in [6, 6.07) is 19.1. The zero-order valence-electron chi connectivity index (χ0n) is 16.0. The Morgan fingerprint density at radius 3 is 2.41 bits per heavy atom. The number of anilines is 1. The van der Waals surface area contributed by atoms with Gasteiger partial charge in [-0.15, -0.1) is 0 Å². The second kappa shape index (κ2) is 8.40. The molecule has 0 aliphatic carbocycles. The van der Waals surface area contributed by atoms with Gasteiger partial charge in [0.2, 0.25) is 0 Å². The number of hydrogen-bond donors (Lipinski definition) is 1. The van der Waals surface area contributed by atoms with Crippen LogP contribution in [0.2, 0.25) is 0 Å². The minimum atomic E-state index is 0.00128. The molecular weight excluding hydrogens is 340 g/mol. The molecule has 2 saturated heterocycles. The number of fused-ring (bicyclic) bond motifs is 1. The number of hydrogen-bond acceptors (Lipinski definition) is 5. The van der Waals surface area contributed by atoms with Gasteiger partial charge < -0.3 is 24.4 Å². The van der Waals surface area contributed by atoms with E-state index in [0.29, 0.717) is 19.8 Å². The summed E-state index contributed by atoms with van der Waals surface area (Å²) in [7, 11) is 4.11. The summed E-state index contributed by atoms with van der Waals surface area (Å²) < 4.78 is 18.1. The first-order chi connectivity index (χ1) is 13.2. The van der Waals surface area contributed by atoms with E-state index in [2.05, 4.69) is 60.7 Å². The van der Waals surface area contributed by atoms with Crippen LogP contribution in [0.4, 0.5) is 5.69 Å². The predicted octanol–water partition coefficient (Wildman–Crippen LogP) is 2.59. The molecule has 0 bridgehead atoms. The maximum Gasteiger partial charge on any atom is 0.114 e. The SMILES string of the molecule is CN(C)c1ccc(CN[C@H]2CO[C@H]3[C@@H]2OC[C@H]3OCc2ccccc2)cc1. The van der Waals surface area contributed by atoms with Crippen molar-refractivity contribution < 1.29 is 14.2 Å². The van der Waals surface area contributed by atoms with Crippen molar-refractivity contribution in [2.75, 3.05) is 32.2 Å². The average molecular weight is 368 g/mol. The third-order valence-corrected chi connectivity index (χ3v) is 5.34. The van der Waals surface area contributed by atoms with E-state index in [1.165, 1.54) is 16.8 Å². The summed E-state index contributed by atoms with van der Waals surface area (Å²) in [5.74, 6) is 0. The van der Waals surface area contributed by atoms with Crippen LogP contribution < -0.4 is 10.2 Å². The first-order valence-corrected chi connectivity index (χ1v) is 9.59. The summed E-state index contributed by atoms with van der Waals surface area (Å²) in [6.07, 6.45) is 0.0792. The van der Waals surface area contributed by atoms with Gasteiger partial charge in [-0.05, 0) is 23.3 Å². The summed E-state index contributed by atoms with van der Waals surface area (Å²) in [6.45, 7) is 2.66. The molecular formula is C22H28N2O3. The van der Waals surface area contributed by atoms with Gasteiger partial charge in [-0.1, -0.05) is 42.5 Å². The fourth-order valence-corrected chi connectivity index (χ4v) is 3.72. The quantitative estimate of drug-likeness (QED) is 0.814. The highest BCUT2D eigenvalue weighted by atomic mass is 16.6. The molecule has 1 N–H and O–H groups in total. The van der Waals surface area contributed by atoms with Crippen molar-refractivity contribution in [3.05, 3.63) is 65.7 Å². The Morgan fingerprint density at radius 1 is 0.926 bits per heavy atom. The van der Waals surface area contributed by atoms with Gasteiger partial charge in [-0.3, -0.25) is 0 Å². The topological polar surface area (TPSA) is 43.0 Å². The van der Waals surface area contributed by atoms with Crippen molar-refractivity contribution in [2.24, 2.45) is 0 Å². The molecule has 2 aliphatic rings. The van der Waals surface area contributed by atoms with Gasteiger partial charge in [0.1, 0.15) is 18.3 Å². The van der Waals surface area contributed by atoms with E-state index >= 15 is 0 Å². The molecule has 0 amide bonds. The normalized spacial score (nSPS) is 26.9. The lowest BCUT2D eigenvalue weighted by Gasteiger charge is -2.18. The number of benzene rings is 2. The van der Waals surface area contributed by atoms with Gasteiger partial charge in [-0.2, -0.15) is 0 Å². The summed E-state index contributed by atoms with van der Waals surface area (Å²) in [4.78, 5) is 2.11. The molecule has 0 saturated carbocycles. The van der Waals surface area contributed by atoms with Crippen LogP contribution in [-0.4, -0.2) is 51.7 Å². The lowest BCUT2D eigenvalue weighted by Crippen LogP contribution is -2.41. The van der Waals surface area contributed by atoms with E-state index in [-0.39, 0.29) is 24.4 Å². The maximum atomic E-state index is 6.07. The first kappa shape index (κ1) is 18.4. The summed E-state index contributed by atoms with van der Waals surface area (Å²) >= 11 is 0. The van der Waals surface area contributed by atoms with Crippen molar-refractivity contribution in [1.82, 2.24) is 5.32 Å². The Balaban J connectivity index is 1.27. The second-order valence-electron chi connectivity index (χ2n) is 7.48. The van der Waals surface area contributed by atoms with Crippen LogP contribution >= 0.6 is 0 Å². The van der Waals surface area contributed by atoms with Crippen LogP contribution in [0.15, 0.2) is 54.6 Å². The standard InChI is InChI=1S/C22H28N2O3/c1-24(2)18-10-8-16(9-11-18)12-23-19-14-26-22-20(15-27-21(19)22)25-13-17-6-4-3-5-7-17/h3-11,19-23H,12-15H2,1-2H3/t19-,20+,21+,22+/m0/s1.